The van der Waals surface area contributed by atoms with Crippen LogP contribution in [0.1, 0.15) is 31.2 Å². The van der Waals surface area contributed by atoms with Gasteiger partial charge in [0.05, 0.1) is 28.0 Å². The summed E-state index contributed by atoms with van der Waals surface area (Å²) in [5.41, 5.74) is -0.574. The number of thiazole rings is 1. The second-order valence-electron chi connectivity index (χ2n) is 6.14. The summed E-state index contributed by atoms with van der Waals surface area (Å²) in [6, 6.07) is 7.49. The Bertz CT molecular complexity index is 1110. The third-order valence-electron chi connectivity index (χ3n) is 3.95. The number of nitrogens with zero attached hydrogens (tertiary/aromatic N) is 1. The SMILES string of the molecule is Cc1cccc(Cl)c1NC(=O)c1cnc(Nc2cc(C(=O)O)cc(C(F)(F)F)c2)s1. The number of carbonyl (C=O) groups excluding carboxylic acids is 1. The second-order valence-corrected chi connectivity index (χ2v) is 7.58. The van der Waals surface area contributed by atoms with E-state index < -0.39 is 29.2 Å². The average Bonchev–Trinajstić information content (AvgIpc) is 3.12. The van der Waals surface area contributed by atoms with Crippen LogP contribution in [0.3, 0.4) is 0 Å². The Morgan fingerprint density at radius 2 is 1.93 bits per heavy atom. The van der Waals surface area contributed by atoms with Crippen LogP contribution in [-0.4, -0.2) is 22.0 Å². The van der Waals surface area contributed by atoms with Gasteiger partial charge in [-0.15, -0.1) is 0 Å². The number of amides is 1. The molecule has 3 rings (SSSR count). The topological polar surface area (TPSA) is 91.3 Å². The summed E-state index contributed by atoms with van der Waals surface area (Å²) in [5.74, 6) is -1.99. The number of nitrogens with one attached hydrogen (secondary N) is 2. The first-order chi connectivity index (χ1) is 14.0. The number of hydrogen-bond acceptors (Lipinski definition) is 5. The minimum atomic E-state index is -4.72. The van der Waals surface area contributed by atoms with Crippen LogP contribution >= 0.6 is 22.9 Å². The van der Waals surface area contributed by atoms with Crippen molar-refractivity contribution in [2.24, 2.45) is 0 Å². The standard InChI is InChI=1S/C19H13ClF3N3O3S/c1-9-3-2-4-13(20)15(9)26-16(27)14-8-24-18(30-14)25-12-6-10(17(28)29)5-11(7-12)19(21,22)23/h2-8H,1H3,(H,24,25)(H,26,27)(H,28,29). The summed E-state index contributed by atoms with van der Waals surface area (Å²) < 4.78 is 39.1. The molecule has 0 saturated heterocycles. The molecule has 0 atom stereocenters. The molecule has 1 aromatic heterocycles. The fourth-order valence-electron chi connectivity index (χ4n) is 2.51. The van der Waals surface area contributed by atoms with Gasteiger partial charge in [0.15, 0.2) is 5.13 Å². The second kappa shape index (κ2) is 8.33. The van der Waals surface area contributed by atoms with Gasteiger partial charge in [0, 0.05) is 5.69 Å². The lowest BCUT2D eigenvalue weighted by molar-refractivity contribution is -0.137. The van der Waals surface area contributed by atoms with Crippen molar-refractivity contribution in [1.29, 1.82) is 0 Å². The quantitative estimate of drug-likeness (QED) is 0.451. The van der Waals surface area contributed by atoms with Crippen molar-refractivity contribution >= 4 is 51.3 Å². The van der Waals surface area contributed by atoms with Crippen LogP contribution in [-0.2, 0) is 6.18 Å². The monoisotopic (exact) mass is 455 g/mol. The number of halogens is 4. The number of anilines is 3. The zero-order chi connectivity index (χ0) is 22.1. The lowest BCUT2D eigenvalue weighted by Gasteiger charge is -2.11. The molecule has 0 spiro atoms. The van der Waals surface area contributed by atoms with Gasteiger partial charge in [-0.2, -0.15) is 13.2 Å². The summed E-state index contributed by atoms with van der Waals surface area (Å²) in [5, 5.41) is 14.8. The lowest BCUT2D eigenvalue weighted by atomic mass is 10.1. The van der Waals surface area contributed by atoms with Crippen molar-refractivity contribution in [3.05, 3.63) is 69.2 Å². The summed E-state index contributed by atoms with van der Waals surface area (Å²) >= 11 is 6.97. The van der Waals surface area contributed by atoms with Gasteiger partial charge in [-0.05, 0) is 36.8 Å². The van der Waals surface area contributed by atoms with Crippen molar-refractivity contribution in [3.8, 4) is 0 Å². The molecular weight excluding hydrogens is 443 g/mol. The van der Waals surface area contributed by atoms with Gasteiger partial charge < -0.3 is 15.7 Å². The normalized spacial score (nSPS) is 11.2. The molecule has 0 aliphatic carbocycles. The summed E-state index contributed by atoms with van der Waals surface area (Å²) in [4.78, 5) is 27.7. The maximum atomic E-state index is 13.0. The van der Waals surface area contributed by atoms with Gasteiger partial charge >= 0.3 is 12.1 Å². The van der Waals surface area contributed by atoms with E-state index in [1.165, 1.54) is 6.20 Å². The Hall–Kier alpha value is -3.11. The maximum Gasteiger partial charge on any atom is 0.416 e. The molecule has 0 aliphatic rings. The summed E-state index contributed by atoms with van der Waals surface area (Å²) in [6.07, 6.45) is -3.47. The number of para-hydroxylation sites is 1. The first kappa shape index (κ1) is 21.6. The number of carboxylic acids is 1. The molecule has 0 unspecified atom stereocenters. The minimum absolute atomic E-state index is 0.117. The fourth-order valence-corrected chi connectivity index (χ4v) is 3.51. The first-order valence-corrected chi connectivity index (χ1v) is 9.49. The Kier molecular flexibility index (Phi) is 5.99. The molecule has 0 radical (unpaired) electrons. The Morgan fingerprint density at radius 1 is 1.20 bits per heavy atom. The smallest absolute Gasteiger partial charge is 0.416 e. The Morgan fingerprint density at radius 3 is 2.57 bits per heavy atom. The van der Waals surface area contributed by atoms with E-state index in [4.69, 9.17) is 16.7 Å². The number of carboxylic acid groups (broad SMARTS) is 1. The number of aromatic nitrogens is 1. The van der Waals surface area contributed by atoms with Gasteiger partial charge in [0.1, 0.15) is 4.88 Å². The van der Waals surface area contributed by atoms with E-state index in [2.05, 4.69) is 15.6 Å². The van der Waals surface area contributed by atoms with E-state index >= 15 is 0 Å². The summed E-state index contributed by atoms with van der Waals surface area (Å²) in [6.45, 7) is 1.77. The molecule has 1 amide bonds. The van der Waals surface area contributed by atoms with Crippen molar-refractivity contribution in [2.75, 3.05) is 10.6 Å². The van der Waals surface area contributed by atoms with Crippen LogP contribution in [0.25, 0.3) is 0 Å². The zero-order valence-corrected chi connectivity index (χ0v) is 16.7. The molecule has 0 aliphatic heterocycles. The highest BCUT2D eigenvalue weighted by atomic mass is 35.5. The van der Waals surface area contributed by atoms with Crippen molar-refractivity contribution in [1.82, 2.24) is 4.98 Å². The van der Waals surface area contributed by atoms with Gasteiger partial charge in [-0.1, -0.05) is 35.1 Å². The number of hydrogen-bond donors (Lipinski definition) is 3. The lowest BCUT2D eigenvalue weighted by Crippen LogP contribution is -2.11. The van der Waals surface area contributed by atoms with Crippen LogP contribution in [0.5, 0.6) is 0 Å². The molecule has 1 heterocycles. The average molecular weight is 456 g/mol. The van der Waals surface area contributed by atoms with Gasteiger partial charge in [-0.25, -0.2) is 9.78 Å². The summed E-state index contributed by atoms with van der Waals surface area (Å²) in [7, 11) is 0. The van der Waals surface area contributed by atoms with E-state index in [0.29, 0.717) is 16.8 Å². The van der Waals surface area contributed by atoms with Crippen LogP contribution < -0.4 is 10.6 Å². The molecule has 0 saturated carbocycles. The predicted octanol–water partition coefficient (Wildman–Crippen LogP) is 5.82. The van der Waals surface area contributed by atoms with E-state index in [-0.39, 0.29) is 15.7 Å². The molecule has 2 aromatic carbocycles. The number of carbonyl (C=O) groups is 2. The van der Waals surface area contributed by atoms with Gasteiger partial charge in [0.2, 0.25) is 0 Å². The largest absolute Gasteiger partial charge is 0.478 e. The Labute approximate surface area is 177 Å². The highest BCUT2D eigenvalue weighted by molar-refractivity contribution is 7.17. The molecule has 3 N–H and O–H groups in total. The van der Waals surface area contributed by atoms with Gasteiger partial charge in [0.25, 0.3) is 5.91 Å². The number of alkyl halides is 3. The number of aromatic carboxylic acids is 1. The molecule has 3 aromatic rings. The number of benzene rings is 2. The highest BCUT2D eigenvalue weighted by Crippen LogP contribution is 2.34. The minimum Gasteiger partial charge on any atom is -0.478 e. The van der Waals surface area contributed by atoms with E-state index in [1.54, 1.807) is 25.1 Å². The number of aryl methyl sites for hydroxylation is 1. The number of rotatable bonds is 5. The predicted molar refractivity (Wildman–Crippen MR) is 108 cm³/mol. The molecule has 0 fully saturated rings. The van der Waals surface area contributed by atoms with Crippen LogP contribution in [0.15, 0.2) is 42.6 Å². The Balaban J connectivity index is 1.82. The van der Waals surface area contributed by atoms with Crippen molar-refractivity contribution in [3.63, 3.8) is 0 Å². The van der Waals surface area contributed by atoms with Crippen LogP contribution in [0.2, 0.25) is 5.02 Å². The molecule has 156 valence electrons. The highest BCUT2D eigenvalue weighted by Gasteiger charge is 2.32. The zero-order valence-electron chi connectivity index (χ0n) is 15.2. The molecular formula is C19H13ClF3N3O3S. The van der Waals surface area contributed by atoms with Crippen LogP contribution in [0, 0.1) is 6.92 Å². The van der Waals surface area contributed by atoms with Crippen LogP contribution in [0.4, 0.5) is 29.7 Å². The maximum absolute atomic E-state index is 13.0. The molecule has 11 heteroatoms. The first-order valence-electron chi connectivity index (χ1n) is 8.29. The fraction of sp³-hybridized carbons (Fsp3) is 0.105. The van der Waals surface area contributed by atoms with E-state index in [9.17, 15) is 22.8 Å². The van der Waals surface area contributed by atoms with E-state index in [0.717, 1.165) is 29.0 Å². The molecule has 6 nitrogen and oxygen atoms in total. The third kappa shape index (κ3) is 4.89. The molecule has 0 bridgehead atoms. The van der Waals surface area contributed by atoms with Gasteiger partial charge in [-0.3, -0.25) is 4.79 Å². The third-order valence-corrected chi connectivity index (χ3v) is 5.18. The molecule has 30 heavy (non-hydrogen) atoms. The van der Waals surface area contributed by atoms with Crippen molar-refractivity contribution < 1.29 is 27.9 Å². The van der Waals surface area contributed by atoms with E-state index in [1.807, 2.05) is 0 Å². The van der Waals surface area contributed by atoms with Crippen molar-refractivity contribution in [2.45, 2.75) is 13.1 Å².